The maximum Gasteiger partial charge on any atom is 0.264 e. The van der Waals surface area contributed by atoms with Gasteiger partial charge in [-0.3, -0.25) is 9.40 Å². The SMILES string of the molecule is COc1ncc(-c2cc(C)c3nn(C)cc3c2)cc1NS(=O)(=O)c1ccc(F)cc1F. The van der Waals surface area contributed by atoms with Gasteiger partial charge in [0, 0.05) is 36.5 Å². The molecule has 160 valence electrons. The van der Waals surface area contributed by atoms with Crippen molar-refractivity contribution in [1.29, 1.82) is 0 Å². The maximum atomic E-state index is 14.1. The van der Waals surface area contributed by atoms with E-state index < -0.39 is 26.6 Å². The van der Waals surface area contributed by atoms with Gasteiger partial charge in [0.15, 0.2) is 0 Å². The summed E-state index contributed by atoms with van der Waals surface area (Å²) in [4.78, 5) is 3.49. The first-order chi connectivity index (χ1) is 14.7. The number of pyridine rings is 1. The average Bonchev–Trinajstić information content (AvgIpc) is 3.08. The monoisotopic (exact) mass is 444 g/mol. The summed E-state index contributed by atoms with van der Waals surface area (Å²) in [6.07, 6.45) is 3.43. The van der Waals surface area contributed by atoms with Crippen LogP contribution in [0.2, 0.25) is 0 Å². The number of nitrogens with one attached hydrogen (secondary N) is 1. The Hall–Kier alpha value is -3.53. The minimum atomic E-state index is -4.36. The minimum absolute atomic E-state index is 0.00835. The fourth-order valence-corrected chi connectivity index (χ4v) is 4.44. The van der Waals surface area contributed by atoms with E-state index in [4.69, 9.17) is 4.74 Å². The summed E-state index contributed by atoms with van der Waals surface area (Å²) in [7, 11) is -1.19. The molecule has 2 heterocycles. The topological polar surface area (TPSA) is 86.1 Å². The fourth-order valence-electron chi connectivity index (χ4n) is 3.34. The molecule has 2 aromatic carbocycles. The second-order valence-corrected chi connectivity index (χ2v) is 8.65. The van der Waals surface area contributed by atoms with Crippen LogP contribution in [0.25, 0.3) is 22.0 Å². The number of benzene rings is 2. The van der Waals surface area contributed by atoms with Crippen LogP contribution in [0.1, 0.15) is 5.56 Å². The van der Waals surface area contributed by atoms with E-state index in [9.17, 15) is 17.2 Å². The Bertz CT molecular complexity index is 1420. The van der Waals surface area contributed by atoms with Crippen LogP contribution in [0, 0.1) is 18.6 Å². The highest BCUT2D eigenvalue weighted by atomic mass is 32.2. The number of methoxy groups -OCH3 is 1. The highest BCUT2D eigenvalue weighted by Crippen LogP contribution is 2.32. The molecule has 31 heavy (non-hydrogen) atoms. The second-order valence-electron chi connectivity index (χ2n) is 6.99. The Kier molecular flexibility index (Phi) is 5.10. The zero-order valence-corrected chi connectivity index (χ0v) is 17.7. The van der Waals surface area contributed by atoms with Crippen molar-refractivity contribution in [2.45, 2.75) is 11.8 Å². The lowest BCUT2D eigenvalue weighted by atomic mass is 10.0. The van der Waals surface area contributed by atoms with Gasteiger partial charge in [-0.15, -0.1) is 0 Å². The largest absolute Gasteiger partial charge is 0.480 e. The van der Waals surface area contributed by atoms with E-state index in [0.29, 0.717) is 11.6 Å². The smallest absolute Gasteiger partial charge is 0.264 e. The molecule has 1 N–H and O–H groups in total. The molecule has 0 saturated carbocycles. The van der Waals surface area contributed by atoms with Gasteiger partial charge in [0.1, 0.15) is 22.2 Å². The Morgan fingerprint density at radius 2 is 1.87 bits per heavy atom. The molecule has 0 saturated heterocycles. The molecule has 0 aliphatic heterocycles. The van der Waals surface area contributed by atoms with Crippen LogP contribution < -0.4 is 9.46 Å². The van der Waals surface area contributed by atoms with Crippen molar-refractivity contribution in [2.75, 3.05) is 11.8 Å². The Morgan fingerprint density at radius 3 is 2.58 bits per heavy atom. The van der Waals surface area contributed by atoms with E-state index in [0.717, 1.165) is 34.2 Å². The fraction of sp³-hybridized carbons (Fsp3) is 0.143. The predicted molar refractivity (Wildman–Crippen MR) is 112 cm³/mol. The molecule has 0 atom stereocenters. The number of anilines is 1. The van der Waals surface area contributed by atoms with E-state index in [-0.39, 0.29) is 11.6 Å². The van der Waals surface area contributed by atoms with Gasteiger partial charge in [-0.25, -0.2) is 22.2 Å². The Morgan fingerprint density at radius 1 is 1.10 bits per heavy atom. The van der Waals surface area contributed by atoms with Crippen LogP contribution in [0.4, 0.5) is 14.5 Å². The van der Waals surface area contributed by atoms with Gasteiger partial charge >= 0.3 is 0 Å². The van der Waals surface area contributed by atoms with Crippen LogP contribution >= 0.6 is 0 Å². The van der Waals surface area contributed by atoms with E-state index in [2.05, 4.69) is 14.8 Å². The minimum Gasteiger partial charge on any atom is -0.480 e. The number of hydrogen-bond acceptors (Lipinski definition) is 5. The van der Waals surface area contributed by atoms with Gasteiger partial charge in [0.05, 0.1) is 12.6 Å². The van der Waals surface area contributed by atoms with Crippen molar-refractivity contribution in [1.82, 2.24) is 14.8 Å². The van der Waals surface area contributed by atoms with Crippen molar-refractivity contribution in [2.24, 2.45) is 7.05 Å². The number of nitrogens with zero attached hydrogens (tertiary/aromatic N) is 3. The third-order valence-electron chi connectivity index (χ3n) is 4.72. The van der Waals surface area contributed by atoms with Crippen molar-refractivity contribution < 1.29 is 21.9 Å². The highest BCUT2D eigenvalue weighted by Gasteiger charge is 2.22. The quantitative estimate of drug-likeness (QED) is 0.502. The van der Waals surface area contributed by atoms with Gasteiger partial charge < -0.3 is 4.74 Å². The summed E-state index contributed by atoms with van der Waals surface area (Å²) < 4.78 is 61.8. The molecule has 0 bridgehead atoms. The third kappa shape index (κ3) is 3.93. The second kappa shape index (κ2) is 7.62. The number of halogens is 2. The van der Waals surface area contributed by atoms with E-state index in [1.165, 1.54) is 7.11 Å². The first-order valence-corrected chi connectivity index (χ1v) is 10.6. The van der Waals surface area contributed by atoms with Gasteiger partial charge in [-0.05, 0) is 48.4 Å². The number of rotatable bonds is 5. The average molecular weight is 444 g/mol. The Balaban J connectivity index is 1.78. The normalized spacial score (nSPS) is 11.6. The van der Waals surface area contributed by atoms with E-state index in [1.54, 1.807) is 16.9 Å². The van der Waals surface area contributed by atoms with Crippen LogP contribution in [-0.4, -0.2) is 30.3 Å². The third-order valence-corrected chi connectivity index (χ3v) is 6.12. The summed E-state index contributed by atoms with van der Waals surface area (Å²) in [5, 5.41) is 5.34. The number of sulfonamides is 1. The highest BCUT2D eigenvalue weighted by molar-refractivity contribution is 7.92. The molecule has 0 radical (unpaired) electrons. The summed E-state index contributed by atoms with van der Waals surface area (Å²) in [6.45, 7) is 1.93. The zero-order valence-electron chi connectivity index (χ0n) is 16.8. The molecule has 4 aromatic rings. The molecule has 0 fully saturated rings. The van der Waals surface area contributed by atoms with Crippen LogP contribution in [0.5, 0.6) is 5.88 Å². The van der Waals surface area contributed by atoms with Gasteiger partial charge in [-0.1, -0.05) is 0 Å². The molecular weight excluding hydrogens is 426 g/mol. The number of aryl methyl sites for hydroxylation is 2. The number of aromatic nitrogens is 3. The first kappa shape index (κ1) is 20.7. The summed E-state index contributed by atoms with van der Waals surface area (Å²) in [5.41, 5.74) is 3.24. The first-order valence-electron chi connectivity index (χ1n) is 9.14. The molecule has 0 amide bonds. The van der Waals surface area contributed by atoms with Crippen LogP contribution in [0.3, 0.4) is 0 Å². The van der Waals surface area contributed by atoms with Gasteiger partial charge in [0.25, 0.3) is 10.0 Å². The van der Waals surface area contributed by atoms with Crippen molar-refractivity contribution in [3.63, 3.8) is 0 Å². The predicted octanol–water partition coefficient (Wildman–Crippen LogP) is 4.03. The lowest BCUT2D eigenvalue weighted by Gasteiger charge is -2.13. The lowest BCUT2D eigenvalue weighted by Crippen LogP contribution is -2.15. The number of hydrogen-bond donors (Lipinski definition) is 1. The maximum absolute atomic E-state index is 14.1. The van der Waals surface area contributed by atoms with Gasteiger partial charge in [-0.2, -0.15) is 5.10 Å². The molecule has 0 aliphatic carbocycles. The van der Waals surface area contributed by atoms with Crippen LogP contribution in [0.15, 0.2) is 53.7 Å². The van der Waals surface area contributed by atoms with Crippen LogP contribution in [-0.2, 0) is 17.1 Å². The van der Waals surface area contributed by atoms with E-state index in [1.807, 2.05) is 32.3 Å². The molecule has 7 nitrogen and oxygen atoms in total. The summed E-state index contributed by atoms with van der Waals surface area (Å²) in [6, 6.07) is 7.60. The molecule has 10 heteroatoms. The van der Waals surface area contributed by atoms with E-state index >= 15 is 0 Å². The lowest BCUT2D eigenvalue weighted by molar-refractivity contribution is 0.400. The molecule has 0 unspecified atom stereocenters. The summed E-state index contributed by atoms with van der Waals surface area (Å²) >= 11 is 0. The Labute approximate surface area is 177 Å². The zero-order chi connectivity index (χ0) is 22.3. The van der Waals surface area contributed by atoms with Crippen molar-refractivity contribution >= 4 is 26.6 Å². The summed E-state index contributed by atoms with van der Waals surface area (Å²) in [5.74, 6) is -2.07. The number of ether oxygens (including phenoxy) is 1. The standard InChI is InChI=1S/C21H18F2N4O3S/c1-12-6-13(7-15-11-27(2)25-20(12)15)14-8-18(21(30-3)24-10-14)26-31(28,29)19-5-4-16(22)9-17(19)23/h4-11,26H,1-3H3. The van der Waals surface area contributed by atoms with Crippen molar-refractivity contribution in [3.8, 4) is 17.0 Å². The van der Waals surface area contributed by atoms with Gasteiger partial charge in [0.2, 0.25) is 5.88 Å². The molecule has 0 aliphatic rings. The molecule has 2 aromatic heterocycles. The molecule has 0 spiro atoms. The molecule has 4 rings (SSSR count). The number of fused-ring (bicyclic) bond motifs is 1. The van der Waals surface area contributed by atoms with Crippen molar-refractivity contribution in [3.05, 3.63) is 66.0 Å². The molecular formula is C21H18F2N4O3S.